The highest BCUT2D eigenvalue weighted by molar-refractivity contribution is 6.04. The van der Waals surface area contributed by atoms with Crippen molar-refractivity contribution in [3.8, 4) is 0 Å². The van der Waals surface area contributed by atoms with Crippen molar-refractivity contribution in [1.82, 2.24) is 9.80 Å². The molecule has 136 valence electrons. The topological polar surface area (TPSA) is 79.0 Å². The molecule has 0 unspecified atom stereocenters. The van der Waals surface area contributed by atoms with E-state index in [0.717, 1.165) is 5.56 Å². The van der Waals surface area contributed by atoms with Crippen LogP contribution in [0.5, 0.6) is 0 Å². The van der Waals surface area contributed by atoms with Gasteiger partial charge in [0.05, 0.1) is 7.11 Å². The average molecular weight is 347 g/mol. The summed E-state index contributed by atoms with van der Waals surface area (Å²) in [6.07, 6.45) is 0.201. The summed E-state index contributed by atoms with van der Waals surface area (Å²) < 4.78 is 4.80. The molecule has 0 spiro atoms. The number of aryl methyl sites for hydroxylation is 1. The Kier molecular flexibility index (Phi) is 6.14. The fourth-order valence-electron chi connectivity index (χ4n) is 2.90. The number of anilines is 1. The lowest BCUT2D eigenvalue weighted by Crippen LogP contribution is -2.42. The van der Waals surface area contributed by atoms with Crippen LogP contribution in [0.4, 0.5) is 5.69 Å². The zero-order chi connectivity index (χ0) is 18.6. The maximum atomic E-state index is 12.5. The maximum Gasteiger partial charge on any atom is 0.328 e. The fourth-order valence-corrected chi connectivity index (χ4v) is 2.90. The summed E-state index contributed by atoms with van der Waals surface area (Å²) in [5.74, 6) is -1.22. The molecule has 0 saturated carbocycles. The molecule has 7 heteroatoms. The molecule has 1 N–H and O–H groups in total. The zero-order valence-corrected chi connectivity index (χ0v) is 15.1. The predicted octanol–water partition coefficient (Wildman–Crippen LogP) is 1.03. The number of likely N-dealkylation sites (tertiary alicyclic amines) is 1. The van der Waals surface area contributed by atoms with E-state index < -0.39 is 17.9 Å². The molecular weight excluding hydrogens is 322 g/mol. The van der Waals surface area contributed by atoms with Crippen molar-refractivity contribution in [1.29, 1.82) is 0 Å². The number of ether oxygens (including phenoxy) is 1. The molecule has 1 aliphatic rings. The second-order valence-electron chi connectivity index (χ2n) is 6.53. The summed E-state index contributed by atoms with van der Waals surface area (Å²) in [7, 11) is 5.10. The molecular formula is C18H25N3O4. The minimum atomic E-state index is -0.642. The van der Waals surface area contributed by atoms with Crippen LogP contribution in [0.15, 0.2) is 24.3 Å². The van der Waals surface area contributed by atoms with Gasteiger partial charge in [-0.15, -0.1) is 0 Å². The van der Waals surface area contributed by atoms with Gasteiger partial charge in [0.25, 0.3) is 0 Å². The first-order valence-corrected chi connectivity index (χ1v) is 8.22. The summed E-state index contributed by atoms with van der Waals surface area (Å²) in [4.78, 5) is 40.1. The van der Waals surface area contributed by atoms with Crippen molar-refractivity contribution in [2.75, 3.05) is 33.1 Å². The number of hydrogen-bond donors (Lipinski definition) is 1. The van der Waals surface area contributed by atoms with Crippen molar-refractivity contribution in [2.24, 2.45) is 0 Å². The number of nitrogens with zero attached hydrogens (tertiary/aromatic N) is 2. The summed E-state index contributed by atoms with van der Waals surface area (Å²) in [6, 6.07) is 6.75. The Bertz CT molecular complexity index is 642. The number of hydrogen-bond acceptors (Lipinski definition) is 5. The fraction of sp³-hybridized carbons (Fsp3) is 0.500. The van der Waals surface area contributed by atoms with Gasteiger partial charge in [0.2, 0.25) is 11.8 Å². The van der Waals surface area contributed by atoms with Gasteiger partial charge >= 0.3 is 5.97 Å². The molecule has 0 radical (unpaired) electrons. The van der Waals surface area contributed by atoms with E-state index in [1.165, 1.54) is 12.0 Å². The van der Waals surface area contributed by atoms with Crippen LogP contribution in [0.25, 0.3) is 0 Å². The van der Waals surface area contributed by atoms with E-state index in [4.69, 9.17) is 4.74 Å². The van der Waals surface area contributed by atoms with Crippen LogP contribution in [0, 0.1) is 6.92 Å². The number of methoxy groups -OCH3 is 1. The lowest BCUT2D eigenvalue weighted by Gasteiger charge is -2.23. The van der Waals surface area contributed by atoms with Crippen LogP contribution >= 0.6 is 0 Å². The molecule has 2 atom stereocenters. The van der Waals surface area contributed by atoms with Crippen LogP contribution in [0.1, 0.15) is 18.4 Å². The minimum Gasteiger partial charge on any atom is -0.467 e. The first kappa shape index (κ1) is 18.9. The Hall–Kier alpha value is -2.41. The number of nitrogens with one attached hydrogen (secondary N) is 1. The summed E-state index contributed by atoms with van der Waals surface area (Å²) >= 11 is 0. The van der Waals surface area contributed by atoms with Crippen molar-refractivity contribution in [3.05, 3.63) is 29.8 Å². The number of rotatable bonds is 5. The SMILES string of the molecule is COC(=O)[C@@H]1C[C@@H](N(C)C)CN1C(=O)CC(=O)Nc1ccc(C)cc1. The molecule has 7 nitrogen and oxygen atoms in total. The number of benzene rings is 1. The molecule has 2 rings (SSSR count). The van der Waals surface area contributed by atoms with Gasteiger partial charge in [-0.3, -0.25) is 9.59 Å². The molecule has 1 heterocycles. The van der Waals surface area contributed by atoms with Gasteiger partial charge in [0.15, 0.2) is 0 Å². The molecule has 0 bridgehead atoms. The molecule has 1 saturated heterocycles. The molecule has 1 fully saturated rings. The second-order valence-corrected chi connectivity index (χ2v) is 6.53. The second kappa shape index (κ2) is 8.11. The Balaban J connectivity index is 2.00. The van der Waals surface area contributed by atoms with Crippen LogP contribution in [0.2, 0.25) is 0 Å². The predicted molar refractivity (Wildman–Crippen MR) is 94.0 cm³/mol. The Morgan fingerprint density at radius 3 is 2.44 bits per heavy atom. The highest BCUT2D eigenvalue weighted by Gasteiger charge is 2.41. The van der Waals surface area contributed by atoms with E-state index in [2.05, 4.69) is 5.32 Å². The Morgan fingerprint density at radius 1 is 1.24 bits per heavy atom. The molecule has 1 aromatic rings. The summed E-state index contributed by atoms with van der Waals surface area (Å²) in [5.41, 5.74) is 1.72. The van der Waals surface area contributed by atoms with E-state index >= 15 is 0 Å². The van der Waals surface area contributed by atoms with Crippen LogP contribution in [-0.4, -0.2) is 67.4 Å². The first-order valence-electron chi connectivity index (χ1n) is 8.22. The van der Waals surface area contributed by atoms with E-state index in [1.807, 2.05) is 38.1 Å². The quantitative estimate of drug-likeness (QED) is 0.636. The maximum absolute atomic E-state index is 12.5. The third-order valence-corrected chi connectivity index (χ3v) is 4.45. The van der Waals surface area contributed by atoms with Crippen molar-refractivity contribution >= 4 is 23.5 Å². The van der Waals surface area contributed by atoms with Crippen LogP contribution in [-0.2, 0) is 19.1 Å². The number of likely N-dealkylation sites (N-methyl/N-ethyl adjacent to an activating group) is 1. The smallest absolute Gasteiger partial charge is 0.328 e. The van der Waals surface area contributed by atoms with E-state index in [-0.39, 0.29) is 18.4 Å². The van der Waals surface area contributed by atoms with Gasteiger partial charge in [-0.25, -0.2) is 4.79 Å². The molecule has 1 aliphatic heterocycles. The van der Waals surface area contributed by atoms with Crippen LogP contribution in [0.3, 0.4) is 0 Å². The number of esters is 1. The third kappa shape index (κ3) is 4.79. The van der Waals surface area contributed by atoms with Crippen molar-refractivity contribution < 1.29 is 19.1 Å². The molecule has 25 heavy (non-hydrogen) atoms. The van der Waals surface area contributed by atoms with E-state index in [1.54, 1.807) is 12.1 Å². The Labute approximate surface area is 147 Å². The van der Waals surface area contributed by atoms with E-state index in [0.29, 0.717) is 18.7 Å². The van der Waals surface area contributed by atoms with Gasteiger partial charge < -0.3 is 19.9 Å². The van der Waals surface area contributed by atoms with E-state index in [9.17, 15) is 14.4 Å². The molecule has 0 aromatic heterocycles. The lowest BCUT2D eigenvalue weighted by atomic mass is 10.1. The van der Waals surface area contributed by atoms with Crippen molar-refractivity contribution in [3.63, 3.8) is 0 Å². The largest absolute Gasteiger partial charge is 0.467 e. The van der Waals surface area contributed by atoms with Gasteiger partial charge in [-0.1, -0.05) is 17.7 Å². The molecule has 2 amide bonds. The first-order chi connectivity index (χ1) is 11.8. The number of carbonyl (C=O) groups excluding carboxylic acids is 3. The summed E-state index contributed by atoms with van der Waals surface area (Å²) in [6.45, 7) is 2.36. The van der Waals surface area contributed by atoms with Gasteiger partial charge in [-0.05, 0) is 39.6 Å². The lowest BCUT2D eigenvalue weighted by molar-refractivity contribution is -0.151. The Morgan fingerprint density at radius 2 is 1.88 bits per heavy atom. The number of amides is 2. The van der Waals surface area contributed by atoms with Gasteiger partial charge in [-0.2, -0.15) is 0 Å². The normalized spacial score (nSPS) is 19.8. The minimum absolute atomic E-state index is 0.0632. The monoisotopic (exact) mass is 347 g/mol. The zero-order valence-electron chi connectivity index (χ0n) is 15.1. The highest BCUT2D eigenvalue weighted by Crippen LogP contribution is 2.23. The van der Waals surface area contributed by atoms with Gasteiger partial charge in [0, 0.05) is 18.3 Å². The van der Waals surface area contributed by atoms with Gasteiger partial charge in [0.1, 0.15) is 12.5 Å². The summed E-state index contributed by atoms with van der Waals surface area (Å²) in [5, 5.41) is 2.70. The average Bonchev–Trinajstić information content (AvgIpc) is 3.02. The molecule has 0 aliphatic carbocycles. The highest BCUT2D eigenvalue weighted by atomic mass is 16.5. The number of carbonyl (C=O) groups is 3. The van der Waals surface area contributed by atoms with Crippen molar-refractivity contribution in [2.45, 2.75) is 31.8 Å². The van der Waals surface area contributed by atoms with Crippen LogP contribution < -0.4 is 5.32 Å². The molecule has 1 aromatic carbocycles. The standard InChI is InChI=1S/C18H25N3O4/c1-12-5-7-13(8-6-12)19-16(22)10-17(23)21-11-14(20(2)3)9-15(21)18(24)25-4/h5-8,14-15H,9-11H2,1-4H3,(H,19,22)/t14-,15+/m1/s1. The third-order valence-electron chi connectivity index (χ3n) is 4.45.